The third-order valence-electron chi connectivity index (χ3n) is 2.80. The van der Waals surface area contributed by atoms with Gasteiger partial charge in [-0.2, -0.15) is 0 Å². The van der Waals surface area contributed by atoms with Gasteiger partial charge in [-0.05, 0) is 18.6 Å². The smallest absolute Gasteiger partial charge is 0.354 e. The van der Waals surface area contributed by atoms with Crippen molar-refractivity contribution >= 4 is 11.9 Å². The highest BCUT2D eigenvalue weighted by Crippen LogP contribution is 2.01. The number of carbonyl (C=O) groups excluding carboxylic acids is 1. The van der Waals surface area contributed by atoms with Crippen molar-refractivity contribution in [1.82, 2.24) is 15.3 Å². The Morgan fingerprint density at radius 2 is 2.14 bits per heavy atom. The molecule has 0 spiro atoms. The highest BCUT2D eigenvalue weighted by atomic mass is 16.4. The molecule has 108 valence electrons. The minimum Gasteiger partial charge on any atom is -0.477 e. The van der Waals surface area contributed by atoms with Crippen molar-refractivity contribution in [2.75, 3.05) is 0 Å². The Labute approximate surface area is 119 Å². The molecule has 7 nitrogen and oxygen atoms in total. The summed E-state index contributed by atoms with van der Waals surface area (Å²) >= 11 is 0. The summed E-state index contributed by atoms with van der Waals surface area (Å²) in [5, 5.41) is 11.3. The third-order valence-corrected chi connectivity index (χ3v) is 2.80. The number of aromatic nitrogens is 2. The number of nitrogens with one attached hydrogen (secondary N) is 2. The molecule has 0 atom stereocenters. The highest BCUT2D eigenvalue weighted by molar-refractivity contribution is 5.93. The van der Waals surface area contributed by atoms with Crippen LogP contribution in [0.3, 0.4) is 0 Å². The molecule has 0 aromatic carbocycles. The lowest BCUT2D eigenvalue weighted by Crippen LogP contribution is -2.28. The number of nitrogens with zero attached hydrogens (tertiary/aromatic N) is 1. The molecule has 2 aromatic rings. The average molecular weight is 287 g/mol. The van der Waals surface area contributed by atoms with E-state index in [1.165, 1.54) is 24.5 Å². The van der Waals surface area contributed by atoms with Gasteiger partial charge >= 0.3 is 5.97 Å². The lowest BCUT2D eigenvalue weighted by atomic mass is 10.2. The summed E-state index contributed by atoms with van der Waals surface area (Å²) in [6.07, 6.45) is 2.72. The zero-order valence-corrected chi connectivity index (χ0v) is 11.2. The quantitative estimate of drug-likeness (QED) is 0.766. The van der Waals surface area contributed by atoms with E-state index in [9.17, 15) is 14.4 Å². The molecule has 0 unspecified atom stereocenters. The SMILES string of the molecule is Cc1cc(=O)c(C(=O)NCc2ccc(C(=O)O)nc2)c[nH]1. The van der Waals surface area contributed by atoms with Crippen LogP contribution in [-0.4, -0.2) is 27.0 Å². The van der Waals surface area contributed by atoms with Gasteiger partial charge in [-0.3, -0.25) is 9.59 Å². The van der Waals surface area contributed by atoms with E-state index in [1.807, 2.05) is 0 Å². The molecule has 2 rings (SSSR count). The number of carboxylic acids is 1. The van der Waals surface area contributed by atoms with Crippen molar-refractivity contribution in [2.24, 2.45) is 0 Å². The number of H-pyrrole nitrogens is 1. The van der Waals surface area contributed by atoms with Gasteiger partial charge in [0, 0.05) is 30.7 Å². The van der Waals surface area contributed by atoms with Crippen LogP contribution in [0, 0.1) is 6.92 Å². The first-order chi connectivity index (χ1) is 9.97. The fourth-order valence-corrected chi connectivity index (χ4v) is 1.68. The summed E-state index contributed by atoms with van der Waals surface area (Å²) in [5.41, 5.74) is 0.903. The van der Waals surface area contributed by atoms with Crippen LogP contribution in [0.15, 0.2) is 35.4 Å². The van der Waals surface area contributed by atoms with E-state index < -0.39 is 11.9 Å². The number of aromatic carboxylic acids is 1. The van der Waals surface area contributed by atoms with Crippen molar-refractivity contribution in [3.05, 3.63) is 63.3 Å². The molecule has 0 saturated heterocycles. The van der Waals surface area contributed by atoms with E-state index in [0.29, 0.717) is 11.3 Å². The number of carbonyl (C=O) groups is 2. The summed E-state index contributed by atoms with van der Waals surface area (Å²) in [5.74, 6) is -1.62. The predicted molar refractivity (Wildman–Crippen MR) is 74.2 cm³/mol. The van der Waals surface area contributed by atoms with Crippen LogP contribution in [0.5, 0.6) is 0 Å². The molecular formula is C14H13N3O4. The normalized spacial score (nSPS) is 10.1. The van der Waals surface area contributed by atoms with E-state index in [1.54, 1.807) is 13.0 Å². The monoisotopic (exact) mass is 287 g/mol. The number of rotatable bonds is 4. The molecular weight excluding hydrogens is 274 g/mol. The van der Waals surface area contributed by atoms with Gasteiger partial charge in [0.15, 0.2) is 5.43 Å². The largest absolute Gasteiger partial charge is 0.477 e. The lowest BCUT2D eigenvalue weighted by molar-refractivity contribution is 0.0690. The molecule has 21 heavy (non-hydrogen) atoms. The maximum atomic E-state index is 11.9. The van der Waals surface area contributed by atoms with Crippen LogP contribution in [-0.2, 0) is 6.54 Å². The Balaban J connectivity index is 2.04. The van der Waals surface area contributed by atoms with Crippen LogP contribution >= 0.6 is 0 Å². The zero-order chi connectivity index (χ0) is 15.4. The summed E-state index contributed by atoms with van der Waals surface area (Å²) in [6, 6.07) is 4.25. The first-order valence-electron chi connectivity index (χ1n) is 6.13. The maximum absolute atomic E-state index is 11.9. The topological polar surface area (TPSA) is 112 Å². The summed E-state index contributed by atoms with van der Waals surface area (Å²) in [6.45, 7) is 1.87. The fraction of sp³-hybridized carbons (Fsp3) is 0.143. The number of aryl methyl sites for hydroxylation is 1. The standard InChI is InChI=1S/C14H13N3O4/c1-8-4-12(18)10(7-15-8)13(19)17-6-9-2-3-11(14(20)21)16-5-9/h2-5,7H,6H2,1H3,(H,15,18)(H,17,19)(H,20,21). The number of aromatic amines is 1. The minimum atomic E-state index is -1.11. The Kier molecular flexibility index (Phi) is 4.13. The average Bonchev–Trinajstić information content (AvgIpc) is 2.45. The number of hydrogen-bond donors (Lipinski definition) is 3. The zero-order valence-electron chi connectivity index (χ0n) is 11.2. The van der Waals surface area contributed by atoms with Gasteiger partial charge in [-0.15, -0.1) is 0 Å². The number of hydrogen-bond acceptors (Lipinski definition) is 4. The van der Waals surface area contributed by atoms with E-state index in [-0.39, 0.29) is 23.2 Å². The molecule has 7 heteroatoms. The molecule has 3 N–H and O–H groups in total. The van der Waals surface area contributed by atoms with Crippen LogP contribution in [0.2, 0.25) is 0 Å². The predicted octanol–water partition coefficient (Wildman–Crippen LogP) is 0.707. The second kappa shape index (κ2) is 6.00. The molecule has 0 aliphatic rings. The fourth-order valence-electron chi connectivity index (χ4n) is 1.68. The first kappa shape index (κ1) is 14.4. The Morgan fingerprint density at radius 3 is 2.71 bits per heavy atom. The molecule has 0 aliphatic carbocycles. The second-order valence-electron chi connectivity index (χ2n) is 4.43. The van der Waals surface area contributed by atoms with Gasteiger partial charge in [0.05, 0.1) is 0 Å². The molecule has 2 heterocycles. The Morgan fingerprint density at radius 1 is 1.38 bits per heavy atom. The molecule has 0 radical (unpaired) electrons. The number of amides is 1. The van der Waals surface area contributed by atoms with Crippen molar-refractivity contribution in [1.29, 1.82) is 0 Å². The van der Waals surface area contributed by atoms with Gasteiger partial charge in [0.25, 0.3) is 5.91 Å². The molecule has 0 saturated carbocycles. The van der Waals surface area contributed by atoms with Crippen LogP contribution in [0.1, 0.15) is 32.1 Å². The van der Waals surface area contributed by atoms with Crippen LogP contribution in [0.25, 0.3) is 0 Å². The van der Waals surface area contributed by atoms with E-state index in [0.717, 1.165) is 0 Å². The maximum Gasteiger partial charge on any atom is 0.354 e. The Hall–Kier alpha value is -2.96. The molecule has 2 aromatic heterocycles. The first-order valence-corrected chi connectivity index (χ1v) is 6.13. The Bertz CT molecular complexity index is 735. The third kappa shape index (κ3) is 3.53. The van der Waals surface area contributed by atoms with E-state index in [4.69, 9.17) is 5.11 Å². The van der Waals surface area contributed by atoms with Crippen molar-refractivity contribution in [3.63, 3.8) is 0 Å². The molecule has 0 aliphatic heterocycles. The van der Waals surface area contributed by atoms with Gasteiger partial charge in [-0.25, -0.2) is 9.78 Å². The lowest BCUT2D eigenvalue weighted by Gasteiger charge is -2.05. The van der Waals surface area contributed by atoms with Gasteiger partial charge in [-0.1, -0.05) is 6.07 Å². The van der Waals surface area contributed by atoms with E-state index in [2.05, 4.69) is 15.3 Å². The summed E-state index contributed by atoms with van der Waals surface area (Å²) in [4.78, 5) is 40.7. The number of pyridine rings is 2. The highest BCUT2D eigenvalue weighted by Gasteiger charge is 2.10. The van der Waals surface area contributed by atoms with Crippen molar-refractivity contribution in [2.45, 2.75) is 13.5 Å². The minimum absolute atomic E-state index is 0.0238. The van der Waals surface area contributed by atoms with Crippen LogP contribution in [0.4, 0.5) is 0 Å². The van der Waals surface area contributed by atoms with Crippen molar-refractivity contribution in [3.8, 4) is 0 Å². The second-order valence-corrected chi connectivity index (χ2v) is 4.43. The van der Waals surface area contributed by atoms with Gasteiger partial charge < -0.3 is 15.4 Å². The molecule has 0 bridgehead atoms. The van der Waals surface area contributed by atoms with Gasteiger partial charge in [0.2, 0.25) is 0 Å². The van der Waals surface area contributed by atoms with Crippen molar-refractivity contribution < 1.29 is 14.7 Å². The molecule has 0 fully saturated rings. The summed E-state index contributed by atoms with van der Waals surface area (Å²) < 4.78 is 0. The number of carboxylic acid groups (broad SMARTS) is 1. The van der Waals surface area contributed by atoms with E-state index >= 15 is 0 Å². The molecule has 1 amide bonds. The summed E-state index contributed by atoms with van der Waals surface area (Å²) in [7, 11) is 0. The van der Waals surface area contributed by atoms with Crippen LogP contribution < -0.4 is 10.7 Å². The van der Waals surface area contributed by atoms with Gasteiger partial charge in [0.1, 0.15) is 11.3 Å².